The van der Waals surface area contributed by atoms with E-state index in [0.717, 1.165) is 6.07 Å². The van der Waals surface area contributed by atoms with Crippen molar-refractivity contribution in [3.05, 3.63) is 23.9 Å². The lowest BCUT2D eigenvalue weighted by molar-refractivity contribution is -0.140. The highest BCUT2D eigenvalue weighted by Gasteiger charge is 2.39. The summed E-state index contributed by atoms with van der Waals surface area (Å²) in [4.78, 5) is 16.0. The third-order valence-electron chi connectivity index (χ3n) is 2.89. The van der Waals surface area contributed by atoms with E-state index in [2.05, 4.69) is 10.3 Å². The summed E-state index contributed by atoms with van der Waals surface area (Å²) in [5, 5.41) is 11.9. The number of anilines is 1. The molecule has 1 aromatic rings. The predicted octanol–water partition coefficient (Wildman–Crippen LogP) is 0.963. The molecule has 1 unspecified atom stereocenters. The summed E-state index contributed by atoms with van der Waals surface area (Å²) in [5.74, 6) is -1.50. The zero-order valence-electron chi connectivity index (χ0n) is 9.81. The summed E-state index contributed by atoms with van der Waals surface area (Å²) in [7, 11) is 0. The van der Waals surface area contributed by atoms with Crippen molar-refractivity contribution in [2.45, 2.75) is 12.2 Å². The van der Waals surface area contributed by atoms with Gasteiger partial charge in [0.05, 0.1) is 5.56 Å². The lowest BCUT2D eigenvalue weighted by atomic mass is 10.1. The first kappa shape index (κ1) is 13.6. The molecule has 1 fully saturated rings. The Morgan fingerprint density at radius 2 is 2.26 bits per heavy atom. The van der Waals surface area contributed by atoms with Crippen LogP contribution in [0, 0.1) is 0 Å². The number of hydrogen-bond acceptors (Lipinski definition) is 4. The molecule has 1 saturated heterocycles. The van der Waals surface area contributed by atoms with Crippen molar-refractivity contribution in [2.75, 3.05) is 24.5 Å². The van der Waals surface area contributed by atoms with E-state index >= 15 is 0 Å². The third-order valence-corrected chi connectivity index (χ3v) is 2.89. The average Bonchev–Trinajstić information content (AvgIpc) is 2.37. The minimum Gasteiger partial charge on any atom is -0.480 e. The summed E-state index contributed by atoms with van der Waals surface area (Å²) in [6.07, 6.45) is -3.33. The second-order valence-electron chi connectivity index (χ2n) is 4.12. The van der Waals surface area contributed by atoms with Gasteiger partial charge in [-0.3, -0.25) is 0 Å². The van der Waals surface area contributed by atoms with Crippen LogP contribution in [0.3, 0.4) is 0 Å². The van der Waals surface area contributed by atoms with Crippen LogP contribution < -0.4 is 10.2 Å². The Balaban J connectivity index is 2.42. The highest BCUT2D eigenvalue weighted by atomic mass is 19.4. The molecule has 0 saturated carbocycles. The van der Waals surface area contributed by atoms with Crippen LogP contribution in [0.2, 0.25) is 0 Å². The van der Waals surface area contributed by atoms with E-state index in [1.54, 1.807) is 0 Å². The molecule has 2 heterocycles. The fourth-order valence-corrected chi connectivity index (χ4v) is 2.03. The largest absolute Gasteiger partial charge is 0.480 e. The number of rotatable bonds is 2. The van der Waals surface area contributed by atoms with Crippen molar-refractivity contribution >= 4 is 11.8 Å². The van der Waals surface area contributed by atoms with Crippen LogP contribution in [-0.2, 0) is 11.0 Å². The van der Waals surface area contributed by atoms with Crippen molar-refractivity contribution in [2.24, 2.45) is 0 Å². The van der Waals surface area contributed by atoms with E-state index in [1.807, 2.05) is 0 Å². The smallest absolute Gasteiger partial charge is 0.419 e. The highest BCUT2D eigenvalue weighted by molar-refractivity contribution is 5.78. The Hall–Kier alpha value is -1.83. The monoisotopic (exact) mass is 275 g/mol. The number of nitrogens with zero attached hydrogens (tertiary/aromatic N) is 2. The minimum absolute atomic E-state index is 0.0865. The van der Waals surface area contributed by atoms with Gasteiger partial charge >= 0.3 is 12.1 Å². The first-order valence-corrected chi connectivity index (χ1v) is 5.63. The van der Waals surface area contributed by atoms with Gasteiger partial charge in [-0.05, 0) is 12.1 Å². The lowest BCUT2D eigenvalue weighted by Crippen LogP contribution is -2.55. The second-order valence-corrected chi connectivity index (χ2v) is 4.12. The van der Waals surface area contributed by atoms with Gasteiger partial charge in [0.2, 0.25) is 0 Å². The number of pyridine rings is 1. The van der Waals surface area contributed by atoms with Gasteiger partial charge in [0.15, 0.2) is 0 Å². The maximum Gasteiger partial charge on any atom is 0.419 e. The Bertz CT molecular complexity index is 478. The molecule has 2 N–H and O–H groups in total. The number of piperazine rings is 1. The molecule has 8 heteroatoms. The number of aliphatic carboxylic acids is 1. The van der Waals surface area contributed by atoms with Crippen molar-refractivity contribution in [3.63, 3.8) is 0 Å². The lowest BCUT2D eigenvalue weighted by Gasteiger charge is -2.35. The number of alkyl halides is 3. The molecular formula is C11H12F3N3O2. The molecule has 1 atom stereocenters. The normalized spacial score (nSPS) is 20.4. The summed E-state index contributed by atoms with van der Waals surface area (Å²) in [6.45, 7) is 0.665. The van der Waals surface area contributed by atoms with E-state index < -0.39 is 23.8 Å². The van der Waals surface area contributed by atoms with Gasteiger partial charge < -0.3 is 15.3 Å². The summed E-state index contributed by atoms with van der Waals surface area (Å²) in [5.41, 5.74) is -0.914. The fourth-order valence-electron chi connectivity index (χ4n) is 2.03. The molecule has 104 valence electrons. The Labute approximate surface area is 107 Å². The van der Waals surface area contributed by atoms with Crippen molar-refractivity contribution in [1.82, 2.24) is 10.3 Å². The summed E-state index contributed by atoms with van der Waals surface area (Å²) >= 11 is 0. The van der Waals surface area contributed by atoms with E-state index in [0.29, 0.717) is 6.54 Å². The number of aromatic nitrogens is 1. The average molecular weight is 275 g/mol. The molecular weight excluding hydrogens is 263 g/mol. The van der Waals surface area contributed by atoms with E-state index in [9.17, 15) is 18.0 Å². The molecule has 19 heavy (non-hydrogen) atoms. The van der Waals surface area contributed by atoms with E-state index in [-0.39, 0.29) is 18.9 Å². The number of hydrogen-bond donors (Lipinski definition) is 2. The quantitative estimate of drug-likeness (QED) is 0.841. The van der Waals surface area contributed by atoms with E-state index in [1.165, 1.54) is 17.2 Å². The Morgan fingerprint density at radius 1 is 1.53 bits per heavy atom. The number of carbonyl (C=O) groups is 1. The zero-order valence-corrected chi connectivity index (χ0v) is 9.81. The molecule has 0 amide bonds. The van der Waals surface area contributed by atoms with Crippen LogP contribution in [0.5, 0.6) is 0 Å². The molecule has 1 aliphatic rings. The van der Waals surface area contributed by atoms with Crippen molar-refractivity contribution in [3.8, 4) is 0 Å². The Morgan fingerprint density at radius 3 is 2.89 bits per heavy atom. The fraction of sp³-hybridized carbons (Fsp3) is 0.455. The zero-order chi connectivity index (χ0) is 14.0. The Kier molecular flexibility index (Phi) is 3.61. The number of nitrogens with one attached hydrogen (secondary N) is 1. The third kappa shape index (κ3) is 2.78. The van der Waals surface area contributed by atoms with Crippen LogP contribution in [0.25, 0.3) is 0 Å². The molecule has 1 aromatic heterocycles. The number of carboxylic acid groups (broad SMARTS) is 1. The van der Waals surface area contributed by atoms with Gasteiger partial charge in [0.25, 0.3) is 0 Å². The first-order chi connectivity index (χ1) is 8.91. The molecule has 2 rings (SSSR count). The van der Waals surface area contributed by atoms with Gasteiger partial charge in [-0.2, -0.15) is 13.2 Å². The highest BCUT2D eigenvalue weighted by Crippen LogP contribution is 2.35. The molecule has 0 radical (unpaired) electrons. The van der Waals surface area contributed by atoms with Crippen molar-refractivity contribution < 1.29 is 23.1 Å². The SMILES string of the molecule is O=C(O)C1CNCCN1c1ncccc1C(F)(F)F. The minimum atomic E-state index is -4.56. The topological polar surface area (TPSA) is 65.5 Å². The van der Waals surface area contributed by atoms with Gasteiger partial charge in [-0.1, -0.05) is 0 Å². The van der Waals surface area contributed by atoms with Crippen molar-refractivity contribution in [1.29, 1.82) is 0 Å². The molecule has 0 spiro atoms. The summed E-state index contributed by atoms with van der Waals surface area (Å²) < 4.78 is 38.7. The molecule has 0 bridgehead atoms. The molecule has 1 aliphatic heterocycles. The van der Waals surface area contributed by atoms with E-state index in [4.69, 9.17) is 5.11 Å². The number of carboxylic acids is 1. The molecule has 5 nitrogen and oxygen atoms in total. The van der Waals surface area contributed by atoms with Crippen LogP contribution in [0.1, 0.15) is 5.56 Å². The maximum absolute atomic E-state index is 12.9. The molecule has 0 aliphatic carbocycles. The van der Waals surface area contributed by atoms with Gasteiger partial charge in [0.1, 0.15) is 11.9 Å². The maximum atomic E-state index is 12.9. The first-order valence-electron chi connectivity index (χ1n) is 5.63. The van der Waals surface area contributed by atoms with Gasteiger partial charge in [-0.15, -0.1) is 0 Å². The summed E-state index contributed by atoms with van der Waals surface area (Å²) in [6, 6.07) is 1.04. The number of halogens is 3. The standard InChI is InChI=1S/C11H12F3N3O2/c12-11(13,14)7-2-1-3-16-9(7)17-5-4-15-6-8(17)10(18)19/h1-3,8,15H,4-6H2,(H,18,19). The molecule has 0 aromatic carbocycles. The van der Waals surface area contributed by atoms with Gasteiger partial charge in [0, 0.05) is 25.8 Å². The van der Waals surface area contributed by atoms with Crippen LogP contribution in [-0.4, -0.2) is 41.7 Å². The predicted molar refractivity (Wildman–Crippen MR) is 60.9 cm³/mol. The van der Waals surface area contributed by atoms with Crippen LogP contribution in [0.15, 0.2) is 18.3 Å². The van der Waals surface area contributed by atoms with Crippen LogP contribution in [0.4, 0.5) is 19.0 Å². The second kappa shape index (κ2) is 5.04. The van der Waals surface area contributed by atoms with Gasteiger partial charge in [-0.25, -0.2) is 9.78 Å². The van der Waals surface area contributed by atoms with Crippen LogP contribution >= 0.6 is 0 Å².